The molecule has 1 rings (SSSR count). The quantitative estimate of drug-likeness (QED) is 0.785. The summed E-state index contributed by atoms with van der Waals surface area (Å²) >= 11 is 1.29. The standard InChI is InChI=1S/C12H21NO3S2/c1-4-5-6-7-13(3)18(15,16)12-10(2)9-17-11(12)8-14/h9,14H,4-8H2,1-3H3. The maximum atomic E-state index is 12.4. The van der Waals surface area contributed by atoms with Gasteiger partial charge in [-0.25, -0.2) is 12.7 Å². The first-order chi connectivity index (χ1) is 8.45. The molecule has 104 valence electrons. The van der Waals surface area contributed by atoms with Gasteiger partial charge in [-0.1, -0.05) is 19.8 Å². The van der Waals surface area contributed by atoms with E-state index in [1.54, 1.807) is 19.4 Å². The first-order valence-corrected chi connectivity index (χ1v) is 8.41. The van der Waals surface area contributed by atoms with E-state index < -0.39 is 10.0 Å². The summed E-state index contributed by atoms with van der Waals surface area (Å²) in [6, 6.07) is 0. The van der Waals surface area contributed by atoms with Crippen LogP contribution in [0, 0.1) is 6.92 Å². The van der Waals surface area contributed by atoms with Gasteiger partial charge in [0.25, 0.3) is 0 Å². The molecule has 18 heavy (non-hydrogen) atoms. The molecule has 0 aliphatic carbocycles. The lowest BCUT2D eigenvalue weighted by molar-refractivity contribution is 0.282. The highest BCUT2D eigenvalue weighted by atomic mass is 32.2. The third-order valence-electron chi connectivity index (χ3n) is 2.88. The summed E-state index contributed by atoms with van der Waals surface area (Å²) in [4.78, 5) is 0.809. The lowest BCUT2D eigenvalue weighted by Gasteiger charge is -2.17. The molecule has 1 aromatic rings. The molecule has 4 nitrogen and oxygen atoms in total. The summed E-state index contributed by atoms with van der Waals surface area (Å²) in [6.45, 7) is 4.15. The highest BCUT2D eigenvalue weighted by Crippen LogP contribution is 2.29. The lowest BCUT2D eigenvalue weighted by Crippen LogP contribution is -2.28. The number of unbranched alkanes of at least 4 members (excludes halogenated alkanes) is 2. The van der Waals surface area contributed by atoms with E-state index in [9.17, 15) is 13.5 Å². The monoisotopic (exact) mass is 291 g/mol. The Morgan fingerprint density at radius 3 is 2.61 bits per heavy atom. The molecule has 0 saturated carbocycles. The molecule has 0 fully saturated rings. The molecule has 0 bridgehead atoms. The summed E-state index contributed by atoms with van der Waals surface area (Å²) in [7, 11) is -1.87. The summed E-state index contributed by atoms with van der Waals surface area (Å²) in [5, 5.41) is 11.0. The molecular weight excluding hydrogens is 270 g/mol. The van der Waals surface area contributed by atoms with Gasteiger partial charge < -0.3 is 5.11 Å². The van der Waals surface area contributed by atoms with E-state index in [4.69, 9.17) is 0 Å². The Balaban J connectivity index is 2.94. The van der Waals surface area contributed by atoms with Crippen LogP contribution in [0.15, 0.2) is 10.3 Å². The Morgan fingerprint density at radius 1 is 1.39 bits per heavy atom. The molecule has 0 saturated heterocycles. The average molecular weight is 291 g/mol. The van der Waals surface area contributed by atoms with Crippen LogP contribution in [0.4, 0.5) is 0 Å². The largest absolute Gasteiger partial charge is 0.391 e. The van der Waals surface area contributed by atoms with Crippen LogP contribution >= 0.6 is 11.3 Å². The zero-order valence-electron chi connectivity index (χ0n) is 11.1. The molecule has 0 aliphatic rings. The van der Waals surface area contributed by atoms with Crippen molar-refractivity contribution in [1.29, 1.82) is 0 Å². The topological polar surface area (TPSA) is 57.6 Å². The van der Waals surface area contributed by atoms with Gasteiger partial charge in [-0.2, -0.15) is 0 Å². The van der Waals surface area contributed by atoms with Crippen molar-refractivity contribution in [3.05, 3.63) is 15.8 Å². The zero-order chi connectivity index (χ0) is 13.8. The minimum atomic E-state index is -3.47. The molecular formula is C12H21NO3S2. The van der Waals surface area contributed by atoms with Crippen LogP contribution in [0.1, 0.15) is 36.6 Å². The van der Waals surface area contributed by atoms with Crippen molar-refractivity contribution in [2.24, 2.45) is 0 Å². The number of thiophene rings is 1. The molecule has 0 radical (unpaired) electrons. The highest BCUT2D eigenvalue weighted by Gasteiger charge is 2.26. The minimum absolute atomic E-state index is 0.226. The molecule has 0 unspecified atom stereocenters. The van der Waals surface area contributed by atoms with E-state index in [2.05, 4.69) is 6.92 Å². The second-order valence-corrected chi connectivity index (χ2v) is 7.31. The average Bonchev–Trinajstić information content (AvgIpc) is 2.71. The fraction of sp³-hybridized carbons (Fsp3) is 0.667. The van der Waals surface area contributed by atoms with E-state index in [1.165, 1.54) is 15.6 Å². The van der Waals surface area contributed by atoms with E-state index in [0.29, 0.717) is 17.0 Å². The van der Waals surface area contributed by atoms with Gasteiger partial charge in [-0.15, -0.1) is 11.3 Å². The third-order valence-corrected chi connectivity index (χ3v) is 6.18. The number of sulfonamides is 1. The van der Waals surface area contributed by atoms with Crippen molar-refractivity contribution in [3.8, 4) is 0 Å². The molecule has 0 spiro atoms. The van der Waals surface area contributed by atoms with E-state index in [1.807, 2.05) is 0 Å². The van der Waals surface area contributed by atoms with Gasteiger partial charge in [-0.3, -0.25) is 0 Å². The lowest BCUT2D eigenvalue weighted by atomic mass is 10.2. The number of hydrogen-bond acceptors (Lipinski definition) is 4. The summed E-state index contributed by atoms with van der Waals surface area (Å²) in [5.74, 6) is 0. The second-order valence-electron chi connectivity index (χ2n) is 4.36. The fourth-order valence-corrected chi connectivity index (χ4v) is 4.62. The van der Waals surface area contributed by atoms with E-state index in [0.717, 1.165) is 19.3 Å². The minimum Gasteiger partial charge on any atom is -0.391 e. The van der Waals surface area contributed by atoms with Crippen molar-refractivity contribution >= 4 is 21.4 Å². The Morgan fingerprint density at radius 2 is 2.06 bits per heavy atom. The number of rotatable bonds is 7. The molecule has 0 aliphatic heterocycles. The molecule has 0 aromatic carbocycles. The van der Waals surface area contributed by atoms with Crippen LogP contribution in [0.2, 0.25) is 0 Å². The van der Waals surface area contributed by atoms with E-state index in [-0.39, 0.29) is 11.5 Å². The van der Waals surface area contributed by atoms with Gasteiger partial charge in [0.15, 0.2) is 0 Å². The summed E-state index contributed by atoms with van der Waals surface area (Å²) < 4.78 is 26.2. The molecule has 0 amide bonds. The van der Waals surface area contributed by atoms with Crippen molar-refractivity contribution in [2.45, 2.75) is 44.6 Å². The molecule has 1 N–H and O–H groups in total. The maximum Gasteiger partial charge on any atom is 0.244 e. The predicted molar refractivity (Wildman–Crippen MR) is 74.3 cm³/mol. The van der Waals surface area contributed by atoms with E-state index >= 15 is 0 Å². The number of aryl methyl sites for hydroxylation is 1. The van der Waals surface area contributed by atoms with Crippen LogP contribution in [0.25, 0.3) is 0 Å². The normalized spacial score (nSPS) is 12.3. The highest BCUT2D eigenvalue weighted by molar-refractivity contribution is 7.89. The Hall–Kier alpha value is -0.430. The number of aliphatic hydroxyl groups excluding tert-OH is 1. The van der Waals surface area contributed by atoms with Crippen molar-refractivity contribution < 1.29 is 13.5 Å². The molecule has 1 heterocycles. The van der Waals surface area contributed by atoms with Gasteiger partial charge in [0.05, 0.1) is 11.5 Å². The Labute approximate surface area is 113 Å². The van der Waals surface area contributed by atoms with Gasteiger partial charge >= 0.3 is 0 Å². The second kappa shape index (κ2) is 6.65. The van der Waals surface area contributed by atoms with Crippen molar-refractivity contribution in [1.82, 2.24) is 4.31 Å². The Bertz CT molecular complexity index is 480. The molecule has 0 atom stereocenters. The van der Waals surface area contributed by atoms with Crippen LogP contribution in [-0.4, -0.2) is 31.4 Å². The number of nitrogens with zero attached hydrogens (tertiary/aromatic N) is 1. The summed E-state index contributed by atoms with van der Waals surface area (Å²) in [6.07, 6.45) is 2.95. The fourth-order valence-electron chi connectivity index (χ4n) is 1.80. The SMILES string of the molecule is CCCCCN(C)S(=O)(=O)c1c(C)csc1CO. The smallest absolute Gasteiger partial charge is 0.244 e. The van der Waals surface area contributed by atoms with Crippen LogP contribution < -0.4 is 0 Å². The van der Waals surface area contributed by atoms with Crippen LogP contribution in [0.3, 0.4) is 0 Å². The Kier molecular flexibility index (Phi) is 5.78. The van der Waals surface area contributed by atoms with Crippen molar-refractivity contribution in [3.63, 3.8) is 0 Å². The van der Waals surface area contributed by atoms with Crippen LogP contribution in [-0.2, 0) is 16.6 Å². The number of hydrogen-bond donors (Lipinski definition) is 1. The maximum absolute atomic E-state index is 12.4. The first-order valence-electron chi connectivity index (χ1n) is 6.09. The zero-order valence-corrected chi connectivity index (χ0v) is 12.8. The van der Waals surface area contributed by atoms with Gasteiger partial charge in [0.2, 0.25) is 10.0 Å². The number of aliphatic hydroxyl groups is 1. The van der Waals surface area contributed by atoms with Gasteiger partial charge in [0, 0.05) is 13.6 Å². The predicted octanol–water partition coefficient (Wildman–Crippen LogP) is 2.36. The van der Waals surface area contributed by atoms with Crippen LogP contribution in [0.5, 0.6) is 0 Å². The summed E-state index contributed by atoms with van der Waals surface area (Å²) in [5.41, 5.74) is 0.714. The molecule has 6 heteroatoms. The van der Waals surface area contributed by atoms with Crippen molar-refractivity contribution in [2.75, 3.05) is 13.6 Å². The third kappa shape index (κ3) is 3.32. The van der Waals surface area contributed by atoms with Gasteiger partial charge in [-0.05, 0) is 24.3 Å². The first kappa shape index (κ1) is 15.6. The molecule has 1 aromatic heterocycles. The van der Waals surface area contributed by atoms with Gasteiger partial charge in [0.1, 0.15) is 4.90 Å².